The highest BCUT2D eigenvalue weighted by Crippen LogP contribution is 2.38. The average molecular weight is 225 g/mol. The number of rotatable bonds is 4. The minimum Gasteiger partial charge on any atom is -0.400 e. The summed E-state index contributed by atoms with van der Waals surface area (Å²) < 4.78 is 11.9. The molecule has 16 heavy (non-hydrogen) atoms. The van der Waals surface area contributed by atoms with Crippen LogP contribution in [0.2, 0.25) is 0 Å². The quantitative estimate of drug-likeness (QED) is 0.589. The lowest BCUT2D eigenvalue weighted by Gasteiger charge is -2.32. The molecule has 1 N–H and O–H groups in total. The van der Waals surface area contributed by atoms with E-state index in [0.29, 0.717) is 0 Å². The molecule has 0 aromatic rings. The van der Waals surface area contributed by atoms with Crippen molar-refractivity contribution in [1.29, 1.82) is 0 Å². The third-order valence-electron chi connectivity index (χ3n) is 3.35. The number of hydrogen-bond donors (Lipinski definition) is 1. The van der Waals surface area contributed by atoms with Gasteiger partial charge < -0.3 is 14.6 Å². The van der Waals surface area contributed by atoms with Gasteiger partial charge >= 0.3 is 7.12 Å². The van der Waals surface area contributed by atoms with Gasteiger partial charge in [-0.2, -0.15) is 0 Å². The molecule has 4 heteroatoms. The van der Waals surface area contributed by atoms with Crippen LogP contribution in [-0.4, -0.2) is 24.9 Å². The van der Waals surface area contributed by atoms with Crippen LogP contribution in [0, 0.1) is 0 Å². The van der Waals surface area contributed by atoms with Crippen molar-refractivity contribution >= 4 is 7.12 Å². The Morgan fingerprint density at radius 2 is 1.69 bits per heavy atom. The molecule has 1 saturated heterocycles. The molecule has 0 aromatic carbocycles. The number of nitrogens with one attached hydrogen (secondary N) is 1. The van der Waals surface area contributed by atoms with E-state index in [1.807, 2.05) is 13.1 Å². The molecule has 0 unspecified atom stereocenters. The van der Waals surface area contributed by atoms with Crippen molar-refractivity contribution in [3.63, 3.8) is 0 Å². The van der Waals surface area contributed by atoms with Crippen LogP contribution in [0.15, 0.2) is 11.7 Å². The van der Waals surface area contributed by atoms with E-state index in [1.54, 1.807) is 0 Å². The van der Waals surface area contributed by atoms with E-state index >= 15 is 0 Å². The third-order valence-corrected chi connectivity index (χ3v) is 3.35. The summed E-state index contributed by atoms with van der Waals surface area (Å²) in [6.45, 7) is 13.4. The fraction of sp³-hybridized carbons (Fsp3) is 0.833. The summed E-state index contributed by atoms with van der Waals surface area (Å²) in [5.74, 6) is 0. The van der Waals surface area contributed by atoms with E-state index in [-0.39, 0.29) is 18.3 Å². The Hall–Kier alpha value is -0.475. The Labute approximate surface area is 99.7 Å². The topological polar surface area (TPSA) is 30.5 Å². The van der Waals surface area contributed by atoms with Gasteiger partial charge in [0.2, 0.25) is 0 Å². The predicted octanol–water partition coefficient (Wildman–Crippen LogP) is 2.52. The van der Waals surface area contributed by atoms with Gasteiger partial charge in [-0.25, -0.2) is 0 Å². The molecule has 0 radical (unpaired) electrons. The minimum absolute atomic E-state index is 0.227. The Morgan fingerprint density at radius 3 is 2.12 bits per heavy atom. The van der Waals surface area contributed by atoms with Crippen LogP contribution in [0.5, 0.6) is 0 Å². The van der Waals surface area contributed by atoms with E-state index in [9.17, 15) is 0 Å². The van der Waals surface area contributed by atoms with Gasteiger partial charge in [-0.05, 0) is 52.7 Å². The lowest BCUT2D eigenvalue weighted by molar-refractivity contribution is 0.00578. The van der Waals surface area contributed by atoms with E-state index in [0.717, 1.165) is 18.4 Å². The molecule has 0 amide bonds. The first-order valence-corrected chi connectivity index (χ1v) is 6.06. The Morgan fingerprint density at radius 1 is 1.19 bits per heavy atom. The SMILES string of the molecule is CCCN/C=C(\C)B1OC(C)(C)C(C)(C)O1. The van der Waals surface area contributed by atoms with Crippen molar-refractivity contribution in [2.45, 2.75) is 59.2 Å². The Balaban J connectivity index is 2.62. The Bertz CT molecular complexity index is 258. The molecule has 1 aliphatic rings. The van der Waals surface area contributed by atoms with Crippen LogP contribution in [0.1, 0.15) is 48.0 Å². The van der Waals surface area contributed by atoms with Gasteiger partial charge in [-0.3, -0.25) is 0 Å². The smallest absolute Gasteiger partial charge is 0.400 e. The molecule has 1 fully saturated rings. The molecule has 0 bridgehead atoms. The van der Waals surface area contributed by atoms with E-state index in [1.165, 1.54) is 0 Å². The Kier molecular flexibility index (Phi) is 4.08. The van der Waals surface area contributed by atoms with Crippen molar-refractivity contribution in [3.05, 3.63) is 11.7 Å². The van der Waals surface area contributed by atoms with Gasteiger partial charge in [0.25, 0.3) is 0 Å². The van der Waals surface area contributed by atoms with Gasteiger partial charge in [0, 0.05) is 6.54 Å². The second-order valence-corrected chi connectivity index (χ2v) is 5.43. The summed E-state index contributed by atoms with van der Waals surface area (Å²) in [5.41, 5.74) is 0.585. The first kappa shape index (κ1) is 13.6. The summed E-state index contributed by atoms with van der Waals surface area (Å²) >= 11 is 0. The lowest BCUT2D eigenvalue weighted by Crippen LogP contribution is -2.41. The third kappa shape index (κ3) is 2.80. The highest BCUT2D eigenvalue weighted by atomic mass is 16.7. The maximum absolute atomic E-state index is 5.93. The van der Waals surface area contributed by atoms with Gasteiger partial charge in [0.1, 0.15) is 0 Å². The van der Waals surface area contributed by atoms with Crippen molar-refractivity contribution in [1.82, 2.24) is 5.32 Å². The summed E-state index contributed by atoms with van der Waals surface area (Å²) in [6, 6.07) is 0. The van der Waals surface area contributed by atoms with Crippen LogP contribution in [0.25, 0.3) is 0 Å². The van der Waals surface area contributed by atoms with Gasteiger partial charge in [0.15, 0.2) is 0 Å². The van der Waals surface area contributed by atoms with Gasteiger partial charge in [-0.1, -0.05) is 6.92 Å². The first-order valence-electron chi connectivity index (χ1n) is 6.06. The lowest BCUT2D eigenvalue weighted by atomic mass is 9.80. The molecular formula is C12H24BNO2. The van der Waals surface area contributed by atoms with Crippen LogP contribution in [0.3, 0.4) is 0 Å². The molecule has 0 aromatic heterocycles. The fourth-order valence-corrected chi connectivity index (χ4v) is 1.47. The zero-order valence-electron chi connectivity index (χ0n) is 11.4. The van der Waals surface area contributed by atoms with Gasteiger partial charge in [0.05, 0.1) is 11.2 Å². The standard InChI is InChI=1S/C12H24BNO2/c1-7-8-14-9-10(2)13-15-11(3,4)12(5,6)16-13/h9,14H,7-8H2,1-6H3/b10-9+. The van der Waals surface area contributed by atoms with Crippen molar-refractivity contribution in [2.75, 3.05) is 6.54 Å². The highest BCUT2D eigenvalue weighted by Gasteiger charge is 2.51. The zero-order valence-corrected chi connectivity index (χ0v) is 11.4. The average Bonchev–Trinajstić information content (AvgIpc) is 2.36. The monoisotopic (exact) mass is 225 g/mol. The molecule has 0 saturated carbocycles. The molecule has 0 aliphatic carbocycles. The molecule has 1 rings (SSSR count). The molecule has 0 atom stereocenters. The van der Waals surface area contributed by atoms with Crippen LogP contribution in [0.4, 0.5) is 0 Å². The van der Waals surface area contributed by atoms with E-state index in [4.69, 9.17) is 9.31 Å². The predicted molar refractivity (Wildman–Crippen MR) is 68.1 cm³/mol. The summed E-state index contributed by atoms with van der Waals surface area (Å²) in [5, 5.41) is 3.24. The molecule has 0 spiro atoms. The molecule has 1 heterocycles. The van der Waals surface area contributed by atoms with Crippen LogP contribution >= 0.6 is 0 Å². The first-order chi connectivity index (χ1) is 7.30. The molecule has 1 aliphatic heterocycles. The highest BCUT2D eigenvalue weighted by molar-refractivity contribution is 6.54. The second-order valence-electron chi connectivity index (χ2n) is 5.43. The van der Waals surface area contributed by atoms with Crippen molar-refractivity contribution < 1.29 is 9.31 Å². The van der Waals surface area contributed by atoms with Crippen molar-refractivity contribution in [2.24, 2.45) is 0 Å². The summed E-state index contributed by atoms with van der Waals surface area (Å²) in [4.78, 5) is 0. The normalized spacial score (nSPS) is 23.6. The summed E-state index contributed by atoms with van der Waals surface area (Å²) in [7, 11) is -0.227. The summed E-state index contributed by atoms with van der Waals surface area (Å²) in [6.07, 6.45) is 3.11. The number of hydrogen-bond acceptors (Lipinski definition) is 3. The number of allylic oxidation sites excluding steroid dienone is 1. The largest absolute Gasteiger partial charge is 0.491 e. The molecular weight excluding hydrogens is 201 g/mol. The van der Waals surface area contributed by atoms with E-state index < -0.39 is 0 Å². The maximum atomic E-state index is 5.93. The van der Waals surface area contributed by atoms with Crippen molar-refractivity contribution in [3.8, 4) is 0 Å². The van der Waals surface area contributed by atoms with Crippen LogP contribution < -0.4 is 5.32 Å². The fourth-order valence-electron chi connectivity index (χ4n) is 1.47. The molecule has 3 nitrogen and oxygen atoms in total. The zero-order chi connectivity index (χ0) is 12.4. The van der Waals surface area contributed by atoms with Crippen LogP contribution in [-0.2, 0) is 9.31 Å². The maximum Gasteiger partial charge on any atom is 0.491 e. The van der Waals surface area contributed by atoms with E-state index in [2.05, 4.69) is 39.9 Å². The molecule has 92 valence electrons. The minimum atomic E-state index is -0.252. The van der Waals surface area contributed by atoms with Gasteiger partial charge in [-0.15, -0.1) is 0 Å². The second kappa shape index (κ2) is 4.80.